The SMILES string of the molecule is Cc1cccc(N2C(=O)CC(c3ccc(C(C)C)cc3)C3=C2CC(c2ccccc2)CC3=O)c1. The van der Waals surface area contributed by atoms with Gasteiger partial charge in [-0.1, -0.05) is 80.6 Å². The first-order chi connectivity index (χ1) is 16.4. The van der Waals surface area contributed by atoms with Crippen molar-refractivity contribution in [2.75, 3.05) is 4.90 Å². The summed E-state index contributed by atoms with van der Waals surface area (Å²) in [6.45, 7) is 6.38. The molecule has 172 valence electrons. The van der Waals surface area contributed by atoms with E-state index < -0.39 is 0 Å². The van der Waals surface area contributed by atoms with E-state index in [0.29, 0.717) is 25.2 Å². The molecule has 1 aliphatic carbocycles. The Morgan fingerprint density at radius 2 is 1.53 bits per heavy atom. The minimum absolute atomic E-state index is 0.0591. The first-order valence-electron chi connectivity index (χ1n) is 12.2. The van der Waals surface area contributed by atoms with E-state index in [1.165, 1.54) is 5.56 Å². The van der Waals surface area contributed by atoms with Gasteiger partial charge in [0.2, 0.25) is 5.91 Å². The van der Waals surface area contributed by atoms with E-state index in [4.69, 9.17) is 0 Å². The summed E-state index contributed by atoms with van der Waals surface area (Å²) in [6, 6.07) is 26.7. The fourth-order valence-electron chi connectivity index (χ4n) is 5.46. The predicted molar refractivity (Wildman–Crippen MR) is 137 cm³/mol. The molecule has 2 aliphatic rings. The highest BCUT2D eigenvalue weighted by Gasteiger charge is 2.42. The van der Waals surface area contributed by atoms with Gasteiger partial charge in [-0.25, -0.2) is 0 Å². The number of nitrogens with zero attached hydrogens (tertiary/aromatic N) is 1. The number of benzene rings is 3. The first kappa shape index (κ1) is 22.3. The van der Waals surface area contributed by atoms with Crippen LogP contribution in [0, 0.1) is 6.92 Å². The Kier molecular flexibility index (Phi) is 5.95. The van der Waals surface area contributed by atoms with Crippen molar-refractivity contribution in [1.29, 1.82) is 0 Å². The van der Waals surface area contributed by atoms with Gasteiger partial charge in [0.15, 0.2) is 5.78 Å². The van der Waals surface area contributed by atoms with Crippen LogP contribution in [0.1, 0.15) is 73.1 Å². The maximum absolute atomic E-state index is 13.7. The van der Waals surface area contributed by atoms with Gasteiger partial charge in [-0.2, -0.15) is 0 Å². The molecule has 2 atom stereocenters. The number of ketones is 1. The quantitative estimate of drug-likeness (QED) is 0.428. The average Bonchev–Trinajstić information content (AvgIpc) is 2.84. The highest BCUT2D eigenvalue weighted by atomic mass is 16.2. The van der Waals surface area contributed by atoms with Crippen LogP contribution >= 0.6 is 0 Å². The minimum Gasteiger partial charge on any atom is -0.294 e. The number of Topliss-reactive ketones (excluding diaryl/α,β-unsaturated/α-hetero) is 1. The first-order valence-corrected chi connectivity index (χ1v) is 12.2. The van der Waals surface area contributed by atoms with Gasteiger partial charge in [-0.3, -0.25) is 14.5 Å². The standard InChI is InChI=1S/C31H31NO2/c1-20(2)22-12-14-24(15-13-22)27-19-30(34)32(26-11-7-8-21(3)16-26)28-17-25(18-29(33)31(27)28)23-9-5-4-6-10-23/h4-16,20,25,27H,17-19H2,1-3H3. The molecule has 2 unspecified atom stereocenters. The molecule has 0 N–H and O–H groups in total. The van der Waals surface area contributed by atoms with Crippen LogP contribution in [0.4, 0.5) is 5.69 Å². The van der Waals surface area contributed by atoms with Crippen molar-refractivity contribution >= 4 is 17.4 Å². The molecule has 0 saturated carbocycles. The average molecular weight is 450 g/mol. The molecule has 0 spiro atoms. The van der Waals surface area contributed by atoms with Crippen molar-refractivity contribution in [3.8, 4) is 0 Å². The van der Waals surface area contributed by atoms with Crippen LogP contribution < -0.4 is 4.90 Å². The molecule has 0 fully saturated rings. The van der Waals surface area contributed by atoms with E-state index in [1.54, 1.807) is 0 Å². The van der Waals surface area contributed by atoms with Gasteiger partial charge in [-0.15, -0.1) is 0 Å². The summed E-state index contributed by atoms with van der Waals surface area (Å²) in [5, 5.41) is 0. The molecule has 1 aliphatic heterocycles. The van der Waals surface area contributed by atoms with E-state index in [9.17, 15) is 9.59 Å². The molecule has 3 nitrogen and oxygen atoms in total. The molecule has 3 heteroatoms. The Balaban J connectivity index is 1.63. The fourth-order valence-corrected chi connectivity index (χ4v) is 5.46. The van der Waals surface area contributed by atoms with Gasteiger partial charge in [0.05, 0.1) is 0 Å². The lowest BCUT2D eigenvalue weighted by molar-refractivity contribution is -0.120. The maximum Gasteiger partial charge on any atom is 0.232 e. The summed E-state index contributed by atoms with van der Waals surface area (Å²) in [7, 11) is 0. The van der Waals surface area contributed by atoms with Crippen molar-refractivity contribution < 1.29 is 9.59 Å². The lowest BCUT2D eigenvalue weighted by atomic mass is 9.72. The van der Waals surface area contributed by atoms with E-state index in [1.807, 2.05) is 54.3 Å². The Labute approximate surface area is 202 Å². The zero-order valence-corrected chi connectivity index (χ0v) is 20.1. The summed E-state index contributed by atoms with van der Waals surface area (Å²) in [5.74, 6) is 0.558. The van der Waals surface area contributed by atoms with E-state index in [-0.39, 0.29) is 23.5 Å². The van der Waals surface area contributed by atoms with E-state index in [0.717, 1.165) is 33.6 Å². The number of amides is 1. The van der Waals surface area contributed by atoms with Crippen molar-refractivity contribution in [3.05, 3.63) is 112 Å². The Bertz CT molecular complexity index is 1250. The molecule has 0 radical (unpaired) electrons. The van der Waals surface area contributed by atoms with Crippen LogP contribution in [0.15, 0.2) is 90.1 Å². The minimum atomic E-state index is -0.186. The topological polar surface area (TPSA) is 37.4 Å². The highest BCUT2D eigenvalue weighted by molar-refractivity contribution is 6.08. The number of allylic oxidation sites excluding steroid dienone is 2. The number of hydrogen-bond acceptors (Lipinski definition) is 2. The molecular formula is C31H31NO2. The second-order valence-electron chi connectivity index (χ2n) is 9.95. The molecule has 1 heterocycles. The van der Waals surface area contributed by atoms with Crippen molar-refractivity contribution in [2.24, 2.45) is 0 Å². The molecule has 0 aromatic heterocycles. The third-order valence-electron chi connectivity index (χ3n) is 7.27. The van der Waals surface area contributed by atoms with E-state index >= 15 is 0 Å². The van der Waals surface area contributed by atoms with Crippen LogP contribution in [0.5, 0.6) is 0 Å². The monoisotopic (exact) mass is 449 g/mol. The third-order valence-corrected chi connectivity index (χ3v) is 7.27. The lowest BCUT2D eigenvalue weighted by Crippen LogP contribution is -2.41. The number of carbonyl (C=O) groups is 2. The van der Waals surface area contributed by atoms with Crippen LogP contribution in [0.2, 0.25) is 0 Å². The van der Waals surface area contributed by atoms with Gasteiger partial charge in [0.25, 0.3) is 0 Å². The summed E-state index contributed by atoms with van der Waals surface area (Å²) in [5.41, 5.74) is 7.13. The highest BCUT2D eigenvalue weighted by Crippen LogP contribution is 2.47. The van der Waals surface area contributed by atoms with Gasteiger partial charge >= 0.3 is 0 Å². The summed E-state index contributed by atoms with van der Waals surface area (Å²) < 4.78 is 0. The van der Waals surface area contributed by atoms with Gasteiger partial charge in [0, 0.05) is 35.7 Å². The number of rotatable bonds is 4. The second kappa shape index (κ2) is 9.06. The molecule has 0 bridgehead atoms. The smallest absolute Gasteiger partial charge is 0.232 e. The van der Waals surface area contributed by atoms with Crippen LogP contribution in [0.25, 0.3) is 0 Å². The molecular weight excluding hydrogens is 418 g/mol. The molecule has 3 aromatic carbocycles. The van der Waals surface area contributed by atoms with E-state index in [2.05, 4.69) is 50.2 Å². The second-order valence-corrected chi connectivity index (χ2v) is 9.95. The Hall–Kier alpha value is -3.46. The summed E-state index contributed by atoms with van der Waals surface area (Å²) in [6.07, 6.45) is 1.49. The molecule has 34 heavy (non-hydrogen) atoms. The predicted octanol–water partition coefficient (Wildman–Crippen LogP) is 7.04. The number of aryl methyl sites for hydroxylation is 1. The van der Waals surface area contributed by atoms with Gasteiger partial charge in [-0.05, 0) is 59.6 Å². The van der Waals surface area contributed by atoms with Gasteiger partial charge < -0.3 is 0 Å². The van der Waals surface area contributed by atoms with Crippen molar-refractivity contribution in [3.63, 3.8) is 0 Å². The van der Waals surface area contributed by atoms with Crippen LogP contribution in [0.3, 0.4) is 0 Å². The molecule has 5 rings (SSSR count). The van der Waals surface area contributed by atoms with Crippen LogP contribution in [-0.2, 0) is 9.59 Å². The van der Waals surface area contributed by atoms with Crippen molar-refractivity contribution in [2.45, 2.75) is 57.8 Å². The zero-order chi connectivity index (χ0) is 23.8. The zero-order valence-electron chi connectivity index (χ0n) is 20.1. The summed E-state index contributed by atoms with van der Waals surface area (Å²) in [4.78, 5) is 29.2. The largest absolute Gasteiger partial charge is 0.294 e. The normalized spacial score (nSPS) is 20.6. The number of anilines is 1. The third kappa shape index (κ3) is 4.11. The number of hydrogen-bond donors (Lipinski definition) is 0. The maximum atomic E-state index is 13.7. The van der Waals surface area contributed by atoms with Crippen molar-refractivity contribution in [1.82, 2.24) is 0 Å². The Morgan fingerprint density at radius 1 is 0.794 bits per heavy atom. The molecule has 3 aromatic rings. The van der Waals surface area contributed by atoms with Gasteiger partial charge in [0.1, 0.15) is 0 Å². The lowest BCUT2D eigenvalue weighted by Gasteiger charge is -2.40. The fraction of sp³-hybridized carbons (Fsp3) is 0.290. The number of carbonyl (C=O) groups excluding carboxylic acids is 2. The molecule has 0 saturated heterocycles. The van der Waals surface area contributed by atoms with Crippen LogP contribution in [-0.4, -0.2) is 11.7 Å². The summed E-state index contributed by atoms with van der Waals surface area (Å²) >= 11 is 0. The Morgan fingerprint density at radius 3 is 2.21 bits per heavy atom. The molecule has 1 amide bonds.